The highest BCUT2D eigenvalue weighted by atomic mass is 35.7. The Kier molecular flexibility index (Phi) is 2.44. The van der Waals surface area contributed by atoms with E-state index in [0.29, 0.717) is 23.4 Å². The van der Waals surface area contributed by atoms with E-state index in [4.69, 9.17) is 15.1 Å². The summed E-state index contributed by atoms with van der Waals surface area (Å²) in [6, 6.07) is 4.35. The van der Waals surface area contributed by atoms with Crippen molar-refractivity contribution in [3.05, 3.63) is 24.1 Å². The Hall–Kier alpha value is -1.07. The Morgan fingerprint density at radius 3 is 2.80 bits per heavy atom. The van der Waals surface area contributed by atoms with Gasteiger partial charge in [0.1, 0.15) is 5.52 Å². The largest absolute Gasteiger partial charge is 0.441 e. The highest BCUT2D eigenvalue weighted by molar-refractivity contribution is 8.13. The number of halogens is 1. The Morgan fingerprint density at radius 1 is 1.47 bits per heavy atom. The average molecular weight is 246 g/mol. The minimum absolute atomic E-state index is 0.0348. The minimum atomic E-state index is -3.70. The molecular weight excluding hydrogens is 238 g/mol. The van der Waals surface area contributed by atoms with E-state index in [9.17, 15) is 8.42 Å². The third-order valence-corrected chi connectivity index (χ3v) is 3.34. The summed E-state index contributed by atoms with van der Waals surface area (Å²) < 4.78 is 27.5. The number of oxazole rings is 1. The van der Waals surface area contributed by atoms with Crippen LogP contribution in [0.2, 0.25) is 0 Å². The first-order chi connectivity index (χ1) is 7.00. The van der Waals surface area contributed by atoms with Crippen LogP contribution < -0.4 is 0 Å². The fourth-order valence-corrected chi connectivity index (χ4v) is 2.03. The Bertz CT molecular complexity index is 603. The molecule has 80 valence electrons. The SMILES string of the molecule is CCc1nc2cc(S(=O)(=O)Cl)ccc2o1. The van der Waals surface area contributed by atoms with E-state index in [1.54, 1.807) is 6.07 Å². The third kappa shape index (κ3) is 1.98. The van der Waals surface area contributed by atoms with E-state index in [1.807, 2.05) is 6.92 Å². The van der Waals surface area contributed by atoms with Gasteiger partial charge in [0.05, 0.1) is 4.90 Å². The van der Waals surface area contributed by atoms with Crippen LogP contribution in [-0.2, 0) is 15.5 Å². The van der Waals surface area contributed by atoms with Crippen LogP contribution in [0.5, 0.6) is 0 Å². The second-order valence-corrected chi connectivity index (χ2v) is 5.59. The van der Waals surface area contributed by atoms with Crippen LogP contribution in [0, 0.1) is 0 Å². The second kappa shape index (κ2) is 3.50. The van der Waals surface area contributed by atoms with Crippen LogP contribution in [0.15, 0.2) is 27.5 Å². The van der Waals surface area contributed by atoms with E-state index in [2.05, 4.69) is 4.98 Å². The molecule has 0 aliphatic heterocycles. The van der Waals surface area contributed by atoms with Crippen molar-refractivity contribution in [1.82, 2.24) is 4.98 Å². The summed E-state index contributed by atoms with van der Waals surface area (Å²) in [7, 11) is 1.51. The molecular formula is C9H8ClNO3S. The first-order valence-electron chi connectivity index (χ1n) is 4.35. The molecule has 0 amide bonds. The summed E-state index contributed by atoms with van der Waals surface area (Å²) in [5.74, 6) is 0.578. The Labute approximate surface area is 91.3 Å². The number of benzene rings is 1. The molecule has 2 aromatic rings. The van der Waals surface area contributed by atoms with E-state index in [0.717, 1.165) is 0 Å². The fourth-order valence-electron chi connectivity index (χ4n) is 1.26. The molecule has 0 spiro atoms. The zero-order chi connectivity index (χ0) is 11.1. The lowest BCUT2D eigenvalue weighted by Gasteiger charge is -1.93. The van der Waals surface area contributed by atoms with Gasteiger partial charge in [-0.2, -0.15) is 0 Å². The van der Waals surface area contributed by atoms with Gasteiger partial charge in [0.2, 0.25) is 0 Å². The number of nitrogens with zero attached hydrogens (tertiary/aromatic N) is 1. The molecule has 0 bridgehead atoms. The molecule has 1 aromatic heterocycles. The molecule has 0 radical (unpaired) electrons. The van der Waals surface area contributed by atoms with Crippen LogP contribution in [0.1, 0.15) is 12.8 Å². The molecule has 1 aromatic carbocycles. The molecule has 0 fully saturated rings. The van der Waals surface area contributed by atoms with Crippen LogP contribution in [-0.4, -0.2) is 13.4 Å². The number of hydrogen-bond donors (Lipinski definition) is 0. The first-order valence-corrected chi connectivity index (χ1v) is 6.66. The van der Waals surface area contributed by atoms with Gasteiger partial charge in [-0.1, -0.05) is 6.92 Å². The fraction of sp³-hybridized carbons (Fsp3) is 0.222. The van der Waals surface area contributed by atoms with Crippen LogP contribution >= 0.6 is 10.7 Å². The molecule has 15 heavy (non-hydrogen) atoms. The van der Waals surface area contributed by atoms with Gasteiger partial charge < -0.3 is 4.42 Å². The minimum Gasteiger partial charge on any atom is -0.441 e. The number of hydrogen-bond acceptors (Lipinski definition) is 4. The predicted molar refractivity (Wildman–Crippen MR) is 56.4 cm³/mol. The maximum atomic E-state index is 11.1. The number of aryl methyl sites for hydroxylation is 1. The van der Waals surface area contributed by atoms with Gasteiger partial charge in [-0.15, -0.1) is 0 Å². The molecule has 4 nitrogen and oxygen atoms in total. The monoisotopic (exact) mass is 245 g/mol. The molecule has 2 rings (SSSR count). The van der Waals surface area contributed by atoms with E-state index in [-0.39, 0.29) is 4.90 Å². The van der Waals surface area contributed by atoms with Gasteiger partial charge in [-0.05, 0) is 18.2 Å². The van der Waals surface area contributed by atoms with Gasteiger partial charge in [0, 0.05) is 17.1 Å². The maximum Gasteiger partial charge on any atom is 0.261 e. The normalized spacial score (nSPS) is 12.1. The third-order valence-electron chi connectivity index (χ3n) is 1.99. The molecule has 0 aliphatic rings. The van der Waals surface area contributed by atoms with Crippen molar-refractivity contribution in [2.45, 2.75) is 18.2 Å². The topological polar surface area (TPSA) is 60.2 Å². The molecule has 1 heterocycles. The van der Waals surface area contributed by atoms with Crippen molar-refractivity contribution in [2.24, 2.45) is 0 Å². The average Bonchev–Trinajstić information content (AvgIpc) is 2.57. The Morgan fingerprint density at radius 2 is 2.20 bits per heavy atom. The van der Waals surface area contributed by atoms with Gasteiger partial charge >= 0.3 is 0 Å². The zero-order valence-corrected chi connectivity index (χ0v) is 9.47. The van der Waals surface area contributed by atoms with Crippen molar-refractivity contribution in [3.63, 3.8) is 0 Å². The molecule has 0 aliphatic carbocycles. The van der Waals surface area contributed by atoms with Crippen LogP contribution in [0.4, 0.5) is 0 Å². The van der Waals surface area contributed by atoms with Crippen LogP contribution in [0.25, 0.3) is 11.1 Å². The lowest BCUT2D eigenvalue weighted by molar-refractivity contribution is 0.538. The summed E-state index contributed by atoms with van der Waals surface area (Å²) in [4.78, 5) is 4.15. The van der Waals surface area contributed by atoms with Gasteiger partial charge in [-0.3, -0.25) is 0 Å². The van der Waals surface area contributed by atoms with E-state index in [1.165, 1.54) is 12.1 Å². The van der Waals surface area contributed by atoms with Crippen molar-refractivity contribution in [1.29, 1.82) is 0 Å². The summed E-state index contributed by atoms with van der Waals surface area (Å²) in [6.07, 6.45) is 0.664. The van der Waals surface area contributed by atoms with Gasteiger partial charge in [-0.25, -0.2) is 13.4 Å². The highest BCUT2D eigenvalue weighted by Gasteiger charge is 2.12. The van der Waals surface area contributed by atoms with Crippen molar-refractivity contribution in [3.8, 4) is 0 Å². The molecule has 0 N–H and O–H groups in total. The smallest absolute Gasteiger partial charge is 0.261 e. The lowest BCUT2D eigenvalue weighted by atomic mass is 10.3. The summed E-state index contributed by atoms with van der Waals surface area (Å²) in [6.45, 7) is 1.91. The predicted octanol–water partition coefficient (Wildman–Crippen LogP) is 2.32. The van der Waals surface area contributed by atoms with Crippen LogP contribution in [0.3, 0.4) is 0 Å². The second-order valence-electron chi connectivity index (χ2n) is 3.03. The van der Waals surface area contributed by atoms with Crippen molar-refractivity contribution >= 4 is 30.8 Å². The highest BCUT2D eigenvalue weighted by Crippen LogP contribution is 2.22. The van der Waals surface area contributed by atoms with Gasteiger partial charge in [0.15, 0.2) is 11.5 Å². The molecule has 0 saturated heterocycles. The lowest BCUT2D eigenvalue weighted by Crippen LogP contribution is -1.89. The summed E-state index contributed by atoms with van der Waals surface area (Å²) in [5, 5.41) is 0. The Balaban J connectivity index is 2.66. The molecule has 0 atom stereocenters. The maximum absolute atomic E-state index is 11.1. The van der Waals surface area contributed by atoms with E-state index < -0.39 is 9.05 Å². The van der Waals surface area contributed by atoms with Gasteiger partial charge in [0.25, 0.3) is 9.05 Å². The standard InChI is InChI=1S/C9H8ClNO3S/c1-2-9-11-7-5-6(15(10,12)13)3-4-8(7)14-9/h3-5H,2H2,1H3. The van der Waals surface area contributed by atoms with E-state index >= 15 is 0 Å². The first kappa shape index (κ1) is 10.4. The molecule has 0 saturated carbocycles. The number of rotatable bonds is 2. The number of aromatic nitrogens is 1. The molecule has 6 heteroatoms. The molecule has 0 unspecified atom stereocenters. The zero-order valence-electron chi connectivity index (χ0n) is 7.90. The number of fused-ring (bicyclic) bond motifs is 1. The summed E-state index contributed by atoms with van der Waals surface area (Å²) >= 11 is 0. The summed E-state index contributed by atoms with van der Waals surface area (Å²) in [5.41, 5.74) is 1.07. The quantitative estimate of drug-likeness (QED) is 0.762. The van der Waals surface area contributed by atoms with Crippen molar-refractivity contribution < 1.29 is 12.8 Å². The van der Waals surface area contributed by atoms with Crippen molar-refractivity contribution in [2.75, 3.05) is 0 Å².